The van der Waals surface area contributed by atoms with E-state index >= 15 is 0 Å². The van der Waals surface area contributed by atoms with Gasteiger partial charge in [0, 0.05) is 17.4 Å². The maximum absolute atomic E-state index is 13.3. The summed E-state index contributed by atoms with van der Waals surface area (Å²) in [5, 5.41) is 9.81. The van der Waals surface area contributed by atoms with E-state index in [1.807, 2.05) is 0 Å². The van der Waals surface area contributed by atoms with Crippen LogP contribution < -0.4 is 0 Å². The number of hydrogen-bond donors (Lipinski definition) is 1. The van der Waals surface area contributed by atoms with Gasteiger partial charge in [-0.15, -0.1) is 0 Å². The average Bonchev–Trinajstić information content (AvgIpc) is 2.79. The van der Waals surface area contributed by atoms with Gasteiger partial charge in [-0.2, -0.15) is 0 Å². The van der Waals surface area contributed by atoms with Crippen LogP contribution in [-0.2, 0) is 6.54 Å². The van der Waals surface area contributed by atoms with Crippen molar-refractivity contribution in [2.45, 2.75) is 6.54 Å². The number of carboxylic acid groups (broad SMARTS) is 1. The largest absolute Gasteiger partial charge is 0.477 e. The van der Waals surface area contributed by atoms with E-state index in [2.05, 4.69) is 0 Å². The molecule has 0 radical (unpaired) electrons. The second-order valence-corrected chi connectivity index (χ2v) is 4.75. The molecule has 3 nitrogen and oxygen atoms in total. The molecule has 0 aliphatic carbocycles. The van der Waals surface area contributed by atoms with Crippen LogP contribution in [0, 0.1) is 11.6 Å². The van der Waals surface area contributed by atoms with E-state index in [1.165, 1.54) is 30.3 Å². The van der Waals surface area contributed by atoms with Gasteiger partial charge in [0.1, 0.15) is 17.3 Å². The highest BCUT2D eigenvalue weighted by Gasteiger charge is 2.15. The van der Waals surface area contributed by atoms with Gasteiger partial charge in [-0.25, -0.2) is 13.6 Å². The highest BCUT2D eigenvalue weighted by molar-refractivity contribution is 5.94. The van der Waals surface area contributed by atoms with Crippen molar-refractivity contribution in [3.05, 3.63) is 71.4 Å². The van der Waals surface area contributed by atoms with Crippen molar-refractivity contribution < 1.29 is 18.7 Å². The molecule has 21 heavy (non-hydrogen) atoms. The van der Waals surface area contributed by atoms with E-state index < -0.39 is 11.8 Å². The Labute approximate surface area is 119 Å². The molecule has 3 rings (SSSR count). The molecule has 0 amide bonds. The molecule has 0 fully saturated rings. The Morgan fingerprint density at radius 1 is 1.00 bits per heavy atom. The maximum atomic E-state index is 13.3. The lowest BCUT2D eigenvalue weighted by Crippen LogP contribution is -2.09. The Morgan fingerprint density at radius 2 is 1.67 bits per heavy atom. The van der Waals surface area contributed by atoms with Crippen molar-refractivity contribution in [3.8, 4) is 0 Å². The summed E-state index contributed by atoms with van der Waals surface area (Å²) in [6.45, 7) is 0.275. The summed E-state index contributed by atoms with van der Waals surface area (Å²) in [4.78, 5) is 11.3. The molecule has 0 saturated heterocycles. The van der Waals surface area contributed by atoms with E-state index in [0.29, 0.717) is 10.9 Å². The predicted molar refractivity (Wildman–Crippen MR) is 74.4 cm³/mol. The predicted octanol–water partition coefficient (Wildman–Crippen LogP) is 3.67. The van der Waals surface area contributed by atoms with Crippen molar-refractivity contribution in [1.82, 2.24) is 4.57 Å². The first kappa shape index (κ1) is 13.3. The van der Waals surface area contributed by atoms with E-state index in [9.17, 15) is 18.7 Å². The van der Waals surface area contributed by atoms with E-state index in [1.54, 1.807) is 22.8 Å². The van der Waals surface area contributed by atoms with Gasteiger partial charge in [-0.1, -0.05) is 12.1 Å². The molecule has 3 aromatic rings. The van der Waals surface area contributed by atoms with Crippen molar-refractivity contribution >= 4 is 16.9 Å². The average molecular weight is 287 g/mol. The second kappa shape index (κ2) is 5.01. The van der Waals surface area contributed by atoms with Gasteiger partial charge in [0.2, 0.25) is 0 Å². The van der Waals surface area contributed by atoms with Gasteiger partial charge >= 0.3 is 5.97 Å². The summed E-state index contributed by atoms with van der Waals surface area (Å²) in [5.74, 6) is -1.86. The summed E-state index contributed by atoms with van der Waals surface area (Å²) in [5.41, 5.74) is 1.46. The number of carbonyl (C=O) groups is 1. The van der Waals surface area contributed by atoms with Crippen molar-refractivity contribution in [1.29, 1.82) is 0 Å². The molecule has 1 N–H and O–H groups in total. The molecule has 0 saturated carbocycles. The Morgan fingerprint density at radius 3 is 2.33 bits per heavy atom. The fourth-order valence-corrected chi connectivity index (χ4v) is 2.36. The fraction of sp³-hybridized carbons (Fsp3) is 0.0625. The lowest BCUT2D eigenvalue weighted by atomic mass is 10.2. The van der Waals surface area contributed by atoms with Crippen LogP contribution in [0.4, 0.5) is 8.78 Å². The van der Waals surface area contributed by atoms with Crippen LogP contribution in [0.5, 0.6) is 0 Å². The quantitative estimate of drug-likeness (QED) is 0.798. The van der Waals surface area contributed by atoms with Gasteiger partial charge in [-0.3, -0.25) is 0 Å². The molecule has 106 valence electrons. The van der Waals surface area contributed by atoms with Gasteiger partial charge in [-0.05, 0) is 42.0 Å². The van der Waals surface area contributed by atoms with Crippen LogP contribution in [0.3, 0.4) is 0 Å². The Hall–Kier alpha value is -2.69. The molecule has 0 atom stereocenters. The molecule has 0 unspecified atom stereocenters. The lowest BCUT2D eigenvalue weighted by molar-refractivity contribution is 0.0686. The van der Waals surface area contributed by atoms with Crippen LogP contribution in [0.2, 0.25) is 0 Å². The van der Waals surface area contributed by atoms with E-state index in [0.717, 1.165) is 5.56 Å². The van der Waals surface area contributed by atoms with Crippen LogP contribution in [-0.4, -0.2) is 15.6 Å². The first-order valence-corrected chi connectivity index (χ1v) is 6.31. The van der Waals surface area contributed by atoms with E-state index in [-0.39, 0.29) is 18.1 Å². The van der Waals surface area contributed by atoms with Gasteiger partial charge in [0.25, 0.3) is 0 Å². The van der Waals surface area contributed by atoms with Crippen molar-refractivity contribution in [3.63, 3.8) is 0 Å². The fourth-order valence-electron chi connectivity index (χ4n) is 2.36. The molecule has 2 aromatic carbocycles. The molecular formula is C16H11F2NO2. The lowest BCUT2D eigenvalue weighted by Gasteiger charge is -2.08. The number of aromatic carboxylic acids is 1. The minimum Gasteiger partial charge on any atom is -0.477 e. The zero-order valence-corrected chi connectivity index (χ0v) is 10.9. The van der Waals surface area contributed by atoms with Crippen molar-refractivity contribution in [2.24, 2.45) is 0 Å². The smallest absolute Gasteiger partial charge is 0.352 e. The minimum atomic E-state index is -1.09. The molecule has 1 heterocycles. The zero-order valence-electron chi connectivity index (χ0n) is 10.9. The van der Waals surface area contributed by atoms with Crippen molar-refractivity contribution in [2.75, 3.05) is 0 Å². The second-order valence-electron chi connectivity index (χ2n) is 4.75. The summed E-state index contributed by atoms with van der Waals surface area (Å²) < 4.78 is 27.8. The summed E-state index contributed by atoms with van der Waals surface area (Å²) >= 11 is 0. The Balaban J connectivity index is 2.13. The summed E-state index contributed by atoms with van der Waals surface area (Å²) in [6.07, 6.45) is 0. The SMILES string of the molecule is O=C(O)c1cc2cc(F)ccc2n1Cc1ccc(F)cc1. The molecule has 5 heteroatoms. The molecule has 0 spiro atoms. The Kier molecular flexibility index (Phi) is 3.17. The third-order valence-corrected chi connectivity index (χ3v) is 3.34. The van der Waals surface area contributed by atoms with E-state index in [4.69, 9.17) is 0 Å². The third-order valence-electron chi connectivity index (χ3n) is 3.34. The number of nitrogens with zero attached hydrogens (tertiary/aromatic N) is 1. The number of halogens is 2. The monoisotopic (exact) mass is 287 g/mol. The van der Waals surface area contributed by atoms with Crippen LogP contribution >= 0.6 is 0 Å². The first-order valence-electron chi connectivity index (χ1n) is 6.31. The Bertz CT molecular complexity index is 822. The third kappa shape index (κ3) is 2.50. The van der Waals surface area contributed by atoms with Crippen LogP contribution in [0.1, 0.15) is 16.1 Å². The highest BCUT2D eigenvalue weighted by Crippen LogP contribution is 2.22. The standard InChI is InChI=1S/C16H11F2NO2/c17-12-3-1-10(2-4-12)9-19-14-6-5-13(18)7-11(14)8-15(19)16(20)21/h1-8H,9H2,(H,20,21). The maximum Gasteiger partial charge on any atom is 0.352 e. The van der Waals surface area contributed by atoms with Crippen LogP contribution in [0.15, 0.2) is 48.5 Å². The number of hydrogen-bond acceptors (Lipinski definition) is 1. The topological polar surface area (TPSA) is 42.2 Å². The van der Waals surface area contributed by atoms with Gasteiger partial charge in [0.15, 0.2) is 0 Å². The van der Waals surface area contributed by atoms with Gasteiger partial charge in [0.05, 0.1) is 0 Å². The molecule has 0 aliphatic rings. The number of aromatic nitrogens is 1. The minimum absolute atomic E-state index is 0.0694. The normalized spacial score (nSPS) is 11.0. The number of benzene rings is 2. The zero-order chi connectivity index (χ0) is 15.0. The first-order chi connectivity index (χ1) is 10.0. The summed E-state index contributed by atoms with van der Waals surface area (Å²) in [7, 11) is 0. The summed E-state index contributed by atoms with van der Waals surface area (Å²) in [6, 6.07) is 11.4. The van der Waals surface area contributed by atoms with Gasteiger partial charge < -0.3 is 9.67 Å². The molecule has 1 aromatic heterocycles. The molecule has 0 bridgehead atoms. The number of carboxylic acids is 1. The van der Waals surface area contributed by atoms with Crippen LogP contribution in [0.25, 0.3) is 10.9 Å². The highest BCUT2D eigenvalue weighted by atomic mass is 19.1. The molecule has 0 aliphatic heterocycles. The molecular weight excluding hydrogens is 276 g/mol. The number of fused-ring (bicyclic) bond motifs is 1. The number of rotatable bonds is 3.